The van der Waals surface area contributed by atoms with Gasteiger partial charge < -0.3 is 10.3 Å². The average Bonchev–Trinajstić information content (AvgIpc) is 2.96. The van der Waals surface area contributed by atoms with E-state index in [0.717, 1.165) is 17.0 Å². The van der Waals surface area contributed by atoms with Crippen molar-refractivity contribution in [2.45, 2.75) is 33.1 Å². The van der Waals surface area contributed by atoms with E-state index in [1.54, 1.807) is 0 Å². The van der Waals surface area contributed by atoms with Gasteiger partial charge in [0.1, 0.15) is 0 Å². The first kappa shape index (κ1) is 15.3. The molecule has 0 fully saturated rings. The lowest BCUT2D eigenvalue weighted by Gasteiger charge is -2.16. The van der Waals surface area contributed by atoms with E-state index in [2.05, 4.69) is 10.3 Å². The van der Waals surface area contributed by atoms with Crippen molar-refractivity contribution < 1.29 is 9.59 Å². The predicted molar refractivity (Wildman–Crippen MR) is 86.8 cm³/mol. The Morgan fingerprint density at radius 3 is 2.48 bits per heavy atom. The Balaban J connectivity index is 2.06. The number of carbonyl (C=O) groups excluding carboxylic acids is 2. The lowest BCUT2D eigenvalue weighted by molar-refractivity contribution is -0.114. The number of hydrogen-bond acceptors (Lipinski definition) is 3. The molecule has 6 nitrogen and oxygen atoms in total. The highest BCUT2D eigenvalue weighted by atomic mass is 16.2. The normalized spacial score (nSPS) is 19.7. The molecule has 0 saturated carbocycles. The molecule has 0 radical (unpaired) electrons. The van der Waals surface area contributed by atoms with Gasteiger partial charge in [-0.15, -0.1) is 0 Å². The summed E-state index contributed by atoms with van der Waals surface area (Å²) in [5.74, 6) is -0.737. The molecule has 2 N–H and O–H groups in total. The average molecular weight is 313 g/mol. The smallest absolute Gasteiger partial charge is 0.326 e. The zero-order chi connectivity index (χ0) is 16.7. The first-order valence-corrected chi connectivity index (χ1v) is 7.69. The zero-order valence-electron chi connectivity index (χ0n) is 13.3. The van der Waals surface area contributed by atoms with Crippen molar-refractivity contribution in [3.63, 3.8) is 0 Å². The maximum absolute atomic E-state index is 12.4. The number of carbonyl (C=O) groups is 2. The second-order valence-electron chi connectivity index (χ2n) is 5.89. The molecule has 0 aliphatic carbocycles. The van der Waals surface area contributed by atoms with Gasteiger partial charge in [0.2, 0.25) is 11.8 Å². The number of fused-ring (bicyclic) bond motifs is 1. The molecule has 2 heterocycles. The second kappa shape index (κ2) is 5.53. The first-order chi connectivity index (χ1) is 10.9. The lowest BCUT2D eigenvalue weighted by atomic mass is 9.86. The first-order valence-electron chi connectivity index (χ1n) is 7.69. The molecule has 0 spiro atoms. The van der Waals surface area contributed by atoms with Crippen molar-refractivity contribution in [1.29, 1.82) is 0 Å². The summed E-state index contributed by atoms with van der Waals surface area (Å²) < 4.78 is 1.27. The van der Waals surface area contributed by atoms with Crippen molar-refractivity contribution in [1.82, 2.24) is 9.55 Å². The summed E-state index contributed by atoms with van der Waals surface area (Å²) in [7, 11) is 0. The van der Waals surface area contributed by atoms with E-state index in [1.165, 1.54) is 11.5 Å². The van der Waals surface area contributed by atoms with Crippen LogP contribution in [0.15, 0.2) is 29.1 Å². The van der Waals surface area contributed by atoms with Gasteiger partial charge in [0.15, 0.2) is 0 Å². The van der Waals surface area contributed by atoms with E-state index in [0.29, 0.717) is 12.1 Å². The Hall–Kier alpha value is -2.63. The molecule has 2 unspecified atom stereocenters. The van der Waals surface area contributed by atoms with Crippen LogP contribution in [-0.2, 0) is 11.2 Å². The topological polar surface area (TPSA) is 84.0 Å². The fourth-order valence-electron chi connectivity index (χ4n) is 3.32. The number of amides is 1. The number of aromatic nitrogens is 2. The van der Waals surface area contributed by atoms with Gasteiger partial charge in [0.05, 0.1) is 5.69 Å². The minimum Gasteiger partial charge on any atom is -0.326 e. The SMILES string of the molecule is CCc1[nH]c(=O)n2c1C(c1ccc(NC(C)=O)cc1)C(C)C2=O. The van der Waals surface area contributed by atoms with Crippen LogP contribution in [0.5, 0.6) is 0 Å². The fourth-order valence-corrected chi connectivity index (χ4v) is 3.32. The van der Waals surface area contributed by atoms with Crippen molar-refractivity contribution in [2.75, 3.05) is 5.32 Å². The number of rotatable bonds is 3. The van der Waals surface area contributed by atoms with Crippen LogP contribution in [0.4, 0.5) is 5.69 Å². The van der Waals surface area contributed by atoms with Crippen LogP contribution in [0, 0.1) is 5.92 Å². The molecule has 2 aromatic rings. The van der Waals surface area contributed by atoms with Gasteiger partial charge in [0, 0.05) is 30.1 Å². The summed E-state index contributed by atoms with van der Waals surface area (Å²) in [6.45, 7) is 5.26. The Bertz CT molecular complexity index is 830. The molecule has 1 aliphatic heterocycles. The molecule has 2 atom stereocenters. The Morgan fingerprint density at radius 1 is 1.26 bits per heavy atom. The highest BCUT2D eigenvalue weighted by Gasteiger charge is 2.41. The number of anilines is 1. The maximum Gasteiger partial charge on any atom is 0.332 e. The highest BCUT2D eigenvalue weighted by Crippen LogP contribution is 2.39. The summed E-state index contributed by atoms with van der Waals surface area (Å²) in [5, 5.41) is 2.72. The Morgan fingerprint density at radius 2 is 1.91 bits per heavy atom. The van der Waals surface area contributed by atoms with E-state index in [9.17, 15) is 14.4 Å². The van der Waals surface area contributed by atoms with Crippen LogP contribution in [-0.4, -0.2) is 21.4 Å². The molecule has 6 heteroatoms. The number of imidazole rings is 1. The van der Waals surface area contributed by atoms with Gasteiger partial charge in [-0.2, -0.15) is 0 Å². The summed E-state index contributed by atoms with van der Waals surface area (Å²) in [5.41, 5.74) is 2.89. The largest absolute Gasteiger partial charge is 0.332 e. The molecule has 1 aliphatic rings. The van der Waals surface area contributed by atoms with E-state index < -0.39 is 0 Å². The molecule has 23 heavy (non-hydrogen) atoms. The molecule has 120 valence electrons. The van der Waals surface area contributed by atoms with Gasteiger partial charge in [-0.1, -0.05) is 26.0 Å². The minimum absolute atomic E-state index is 0.130. The number of aryl methyl sites for hydroxylation is 1. The number of benzene rings is 1. The predicted octanol–water partition coefficient (Wildman–Crippen LogP) is 2.12. The summed E-state index contributed by atoms with van der Waals surface area (Å²) in [4.78, 5) is 38.4. The van der Waals surface area contributed by atoms with Gasteiger partial charge in [-0.25, -0.2) is 9.36 Å². The number of nitrogens with zero attached hydrogens (tertiary/aromatic N) is 1. The van der Waals surface area contributed by atoms with Gasteiger partial charge in [0.25, 0.3) is 0 Å². The summed E-state index contributed by atoms with van der Waals surface area (Å²) in [6, 6.07) is 7.42. The van der Waals surface area contributed by atoms with Crippen LogP contribution in [0.3, 0.4) is 0 Å². The summed E-state index contributed by atoms with van der Waals surface area (Å²) in [6.07, 6.45) is 0.665. The highest BCUT2D eigenvalue weighted by molar-refractivity contribution is 5.89. The molecule has 1 aromatic carbocycles. The van der Waals surface area contributed by atoms with Gasteiger partial charge in [-0.3, -0.25) is 9.59 Å². The lowest BCUT2D eigenvalue weighted by Crippen LogP contribution is -2.24. The number of aromatic amines is 1. The van der Waals surface area contributed by atoms with E-state index in [1.807, 2.05) is 38.1 Å². The van der Waals surface area contributed by atoms with E-state index >= 15 is 0 Å². The molecule has 3 rings (SSSR count). The van der Waals surface area contributed by atoms with Gasteiger partial charge in [-0.05, 0) is 24.1 Å². The molecule has 0 saturated heterocycles. The van der Waals surface area contributed by atoms with Crippen LogP contribution in [0.25, 0.3) is 0 Å². The third kappa shape index (κ3) is 2.40. The second-order valence-corrected chi connectivity index (χ2v) is 5.89. The van der Waals surface area contributed by atoms with E-state index in [-0.39, 0.29) is 29.3 Å². The van der Waals surface area contributed by atoms with Crippen molar-refractivity contribution in [2.24, 2.45) is 5.92 Å². The van der Waals surface area contributed by atoms with Crippen LogP contribution in [0.2, 0.25) is 0 Å². The standard InChI is InChI=1S/C17H19N3O3/c1-4-13-15-14(9(2)16(22)20(15)17(23)19-13)11-5-7-12(8-6-11)18-10(3)21/h5-9,14H,4H2,1-3H3,(H,18,21)(H,19,23). The summed E-state index contributed by atoms with van der Waals surface area (Å²) >= 11 is 0. The number of nitrogens with one attached hydrogen (secondary N) is 2. The molecular weight excluding hydrogens is 294 g/mol. The molecule has 1 aromatic heterocycles. The quantitative estimate of drug-likeness (QED) is 0.910. The van der Waals surface area contributed by atoms with Crippen LogP contribution in [0.1, 0.15) is 48.4 Å². The fraction of sp³-hybridized carbons (Fsp3) is 0.353. The zero-order valence-corrected chi connectivity index (χ0v) is 13.3. The molecule has 0 bridgehead atoms. The Labute approximate surface area is 133 Å². The van der Waals surface area contributed by atoms with Crippen LogP contribution < -0.4 is 11.0 Å². The number of H-pyrrole nitrogens is 1. The van der Waals surface area contributed by atoms with Crippen molar-refractivity contribution >= 4 is 17.5 Å². The monoisotopic (exact) mass is 313 g/mol. The van der Waals surface area contributed by atoms with Gasteiger partial charge >= 0.3 is 5.69 Å². The van der Waals surface area contributed by atoms with Crippen LogP contribution >= 0.6 is 0 Å². The third-order valence-electron chi connectivity index (χ3n) is 4.36. The third-order valence-corrected chi connectivity index (χ3v) is 4.36. The Kier molecular flexibility index (Phi) is 3.67. The van der Waals surface area contributed by atoms with E-state index in [4.69, 9.17) is 0 Å². The maximum atomic E-state index is 12.4. The molecular formula is C17H19N3O3. The number of hydrogen-bond donors (Lipinski definition) is 2. The van der Waals surface area contributed by atoms with Crippen molar-refractivity contribution in [3.8, 4) is 0 Å². The van der Waals surface area contributed by atoms with Crippen molar-refractivity contribution in [3.05, 3.63) is 51.7 Å². The minimum atomic E-state index is -0.355. The molecule has 1 amide bonds.